The van der Waals surface area contributed by atoms with E-state index in [0.29, 0.717) is 18.5 Å². The molecule has 0 spiro atoms. The van der Waals surface area contributed by atoms with E-state index in [9.17, 15) is 19.3 Å². The molecule has 4 aromatic rings. The predicted octanol–water partition coefficient (Wildman–Crippen LogP) is 5.24. The number of fused-ring (bicyclic) bond motifs is 1. The maximum atomic E-state index is 13.9. The molecule has 2 aromatic carbocycles. The van der Waals surface area contributed by atoms with Crippen molar-refractivity contribution in [2.75, 3.05) is 5.32 Å². The van der Waals surface area contributed by atoms with Gasteiger partial charge in [0.25, 0.3) is 5.69 Å². The fourth-order valence-corrected chi connectivity index (χ4v) is 3.52. The molecule has 0 saturated carbocycles. The molecule has 0 atom stereocenters. The zero-order valence-electron chi connectivity index (χ0n) is 16.5. The van der Waals surface area contributed by atoms with Gasteiger partial charge < -0.3 is 10.3 Å². The molecule has 0 unspecified atom stereocenters. The standard InChI is InChI=1S/C23H19FN4O3/c24-15-7-12-20-19(14-15)18(23(27-20)21-5-1-2-13-25-21)4-3-6-22(29)26-16-8-10-17(11-9-16)28(30)31/h1-2,5,7-14,27H,3-4,6H2,(H,26,29). The smallest absolute Gasteiger partial charge is 0.269 e. The first-order valence-electron chi connectivity index (χ1n) is 9.77. The van der Waals surface area contributed by atoms with Crippen molar-refractivity contribution in [3.8, 4) is 11.4 Å². The number of rotatable bonds is 7. The molecule has 0 radical (unpaired) electrons. The number of aromatic nitrogens is 2. The molecule has 0 aliphatic carbocycles. The van der Waals surface area contributed by atoms with Crippen molar-refractivity contribution in [3.63, 3.8) is 0 Å². The average Bonchev–Trinajstić information content (AvgIpc) is 3.12. The quantitative estimate of drug-likeness (QED) is 0.317. The van der Waals surface area contributed by atoms with Gasteiger partial charge in [-0.1, -0.05) is 6.07 Å². The number of benzene rings is 2. The Bertz CT molecular complexity index is 1240. The molecule has 156 valence electrons. The Balaban J connectivity index is 1.47. The monoisotopic (exact) mass is 418 g/mol. The lowest BCUT2D eigenvalue weighted by molar-refractivity contribution is -0.384. The minimum Gasteiger partial charge on any atom is -0.353 e. The Kier molecular flexibility index (Phi) is 5.70. The zero-order valence-corrected chi connectivity index (χ0v) is 16.5. The number of halogens is 1. The van der Waals surface area contributed by atoms with Gasteiger partial charge >= 0.3 is 0 Å². The molecule has 2 aromatic heterocycles. The van der Waals surface area contributed by atoms with Gasteiger partial charge in [-0.25, -0.2) is 4.39 Å². The van der Waals surface area contributed by atoms with Gasteiger partial charge in [-0.05, 0) is 60.9 Å². The third kappa shape index (κ3) is 4.58. The fraction of sp³-hybridized carbons (Fsp3) is 0.130. The van der Waals surface area contributed by atoms with E-state index >= 15 is 0 Å². The number of nitro groups is 1. The molecule has 0 aliphatic heterocycles. The number of nitrogens with zero attached hydrogens (tertiary/aromatic N) is 2. The molecule has 7 nitrogen and oxygen atoms in total. The van der Waals surface area contributed by atoms with E-state index in [0.717, 1.165) is 27.9 Å². The summed E-state index contributed by atoms with van der Waals surface area (Å²) in [6.45, 7) is 0. The van der Waals surface area contributed by atoms with Crippen LogP contribution in [0.25, 0.3) is 22.3 Å². The summed E-state index contributed by atoms with van der Waals surface area (Å²) in [7, 11) is 0. The van der Waals surface area contributed by atoms with Gasteiger partial charge in [0.05, 0.1) is 16.3 Å². The number of nitro benzene ring substituents is 1. The van der Waals surface area contributed by atoms with Crippen LogP contribution >= 0.6 is 0 Å². The first kappa shape index (κ1) is 20.2. The Morgan fingerprint density at radius 3 is 2.65 bits per heavy atom. The summed E-state index contributed by atoms with van der Waals surface area (Å²) in [6.07, 6.45) is 3.05. The largest absolute Gasteiger partial charge is 0.353 e. The lowest BCUT2D eigenvalue weighted by atomic mass is 10.0. The number of pyridine rings is 1. The maximum absolute atomic E-state index is 13.9. The van der Waals surface area contributed by atoms with E-state index in [4.69, 9.17) is 0 Å². The number of hydrogen-bond acceptors (Lipinski definition) is 4. The van der Waals surface area contributed by atoms with Crippen LogP contribution in [0.2, 0.25) is 0 Å². The molecular weight excluding hydrogens is 399 g/mol. The van der Waals surface area contributed by atoms with Crippen molar-refractivity contribution >= 4 is 28.2 Å². The van der Waals surface area contributed by atoms with Crippen LogP contribution in [-0.4, -0.2) is 20.8 Å². The number of aryl methyl sites for hydroxylation is 1. The van der Waals surface area contributed by atoms with E-state index in [2.05, 4.69) is 15.3 Å². The maximum Gasteiger partial charge on any atom is 0.269 e. The Morgan fingerprint density at radius 1 is 1.13 bits per heavy atom. The van der Waals surface area contributed by atoms with Crippen molar-refractivity contribution in [2.45, 2.75) is 19.3 Å². The van der Waals surface area contributed by atoms with Gasteiger partial charge in [-0.15, -0.1) is 0 Å². The summed E-state index contributed by atoms with van der Waals surface area (Å²) in [6, 6.07) is 15.9. The minimum atomic E-state index is -0.491. The zero-order chi connectivity index (χ0) is 21.8. The van der Waals surface area contributed by atoms with Crippen molar-refractivity contribution < 1.29 is 14.1 Å². The summed E-state index contributed by atoms with van der Waals surface area (Å²) >= 11 is 0. The number of anilines is 1. The molecule has 0 aliphatic rings. The highest BCUT2D eigenvalue weighted by Gasteiger charge is 2.15. The lowest BCUT2D eigenvalue weighted by Gasteiger charge is -2.07. The Labute approximate surface area is 177 Å². The van der Waals surface area contributed by atoms with Crippen molar-refractivity contribution in [3.05, 3.63) is 88.4 Å². The number of amides is 1. The van der Waals surface area contributed by atoms with Crippen LogP contribution in [0.1, 0.15) is 18.4 Å². The first-order chi connectivity index (χ1) is 15.0. The van der Waals surface area contributed by atoms with E-state index in [1.807, 2.05) is 18.2 Å². The summed E-state index contributed by atoms with van der Waals surface area (Å²) in [5.74, 6) is -0.518. The summed E-state index contributed by atoms with van der Waals surface area (Å²) < 4.78 is 13.9. The number of nitrogens with one attached hydrogen (secondary N) is 2. The molecule has 31 heavy (non-hydrogen) atoms. The van der Waals surface area contributed by atoms with Crippen molar-refractivity contribution in [1.82, 2.24) is 9.97 Å². The molecule has 1 amide bonds. The lowest BCUT2D eigenvalue weighted by Crippen LogP contribution is -2.11. The molecule has 0 saturated heterocycles. The molecule has 0 fully saturated rings. The van der Waals surface area contributed by atoms with E-state index in [1.54, 1.807) is 12.3 Å². The second-order valence-corrected chi connectivity index (χ2v) is 7.09. The number of carbonyl (C=O) groups is 1. The molecule has 4 rings (SSSR count). The third-order valence-corrected chi connectivity index (χ3v) is 4.98. The van der Waals surface area contributed by atoms with Crippen molar-refractivity contribution in [2.24, 2.45) is 0 Å². The highest BCUT2D eigenvalue weighted by Crippen LogP contribution is 2.31. The van der Waals surface area contributed by atoms with Crippen molar-refractivity contribution in [1.29, 1.82) is 0 Å². The SMILES string of the molecule is O=C(CCCc1c(-c2ccccn2)[nH]c2ccc(F)cc12)Nc1ccc([N+](=O)[O-])cc1. The Morgan fingerprint density at radius 2 is 1.94 bits per heavy atom. The summed E-state index contributed by atoms with van der Waals surface area (Å²) in [5.41, 5.74) is 3.76. The van der Waals surface area contributed by atoms with Gasteiger partial charge in [0, 0.05) is 41.3 Å². The highest BCUT2D eigenvalue weighted by molar-refractivity contribution is 5.92. The molecule has 2 heterocycles. The van der Waals surface area contributed by atoms with Gasteiger partial charge in [-0.2, -0.15) is 0 Å². The predicted molar refractivity (Wildman–Crippen MR) is 116 cm³/mol. The average molecular weight is 418 g/mol. The molecular formula is C23H19FN4O3. The normalized spacial score (nSPS) is 10.9. The number of hydrogen-bond donors (Lipinski definition) is 2. The third-order valence-electron chi connectivity index (χ3n) is 4.98. The van der Waals surface area contributed by atoms with Crippen LogP contribution in [0.4, 0.5) is 15.8 Å². The van der Waals surface area contributed by atoms with Crippen LogP contribution in [0.5, 0.6) is 0 Å². The number of carbonyl (C=O) groups excluding carboxylic acids is 1. The van der Waals surface area contributed by atoms with Crippen LogP contribution in [0.3, 0.4) is 0 Å². The van der Waals surface area contributed by atoms with Gasteiger partial charge in [0.15, 0.2) is 0 Å². The fourth-order valence-electron chi connectivity index (χ4n) is 3.52. The number of H-pyrrole nitrogens is 1. The minimum absolute atomic E-state index is 0.0355. The van der Waals surface area contributed by atoms with Crippen LogP contribution in [-0.2, 0) is 11.2 Å². The van der Waals surface area contributed by atoms with Gasteiger partial charge in [0.2, 0.25) is 5.91 Å². The molecule has 0 bridgehead atoms. The summed E-state index contributed by atoms with van der Waals surface area (Å²) in [5, 5.41) is 14.2. The molecule has 2 N–H and O–H groups in total. The number of non-ortho nitro benzene ring substituents is 1. The second-order valence-electron chi connectivity index (χ2n) is 7.09. The van der Waals surface area contributed by atoms with Gasteiger partial charge in [-0.3, -0.25) is 19.9 Å². The first-order valence-corrected chi connectivity index (χ1v) is 9.77. The van der Waals surface area contributed by atoms with Crippen LogP contribution < -0.4 is 5.32 Å². The summed E-state index contributed by atoms with van der Waals surface area (Å²) in [4.78, 5) is 30.2. The second kappa shape index (κ2) is 8.74. The van der Waals surface area contributed by atoms with Crippen LogP contribution in [0, 0.1) is 15.9 Å². The Hall–Kier alpha value is -4.07. The van der Waals surface area contributed by atoms with E-state index < -0.39 is 4.92 Å². The highest BCUT2D eigenvalue weighted by atomic mass is 19.1. The number of aromatic amines is 1. The van der Waals surface area contributed by atoms with E-state index in [-0.39, 0.29) is 23.8 Å². The van der Waals surface area contributed by atoms with Gasteiger partial charge in [0.1, 0.15) is 5.82 Å². The van der Waals surface area contributed by atoms with Crippen LogP contribution in [0.15, 0.2) is 66.9 Å². The van der Waals surface area contributed by atoms with E-state index in [1.165, 1.54) is 36.4 Å². The molecule has 8 heteroatoms. The topological polar surface area (TPSA) is 101 Å².